The van der Waals surface area contributed by atoms with Crippen molar-refractivity contribution < 1.29 is 14.6 Å². The summed E-state index contributed by atoms with van der Waals surface area (Å²) in [6.07, 6.45) is -0.0336. The zero-order valence-electron chi connectivity index (χ0n) is 15.9. The SMILES string of the molecule is Cc1ccc(OCCSC2(CC(=O)O)Nc3ccccc3N2)c(C(C)C)c1. The van der Waals surface area contributed by atoms with E-state index in [1.807, 2.05) is 30.3 Å². The lowest BCUT2D eigenvalue weighted by Crippen LogP contribution is -2.41. The van der Waals surface area contributed by atoms with E-state index in [9.17, 15) is 9.90 Å². The second-order valence-electron chi connectivity index (χ2n) is 7.09. The summed E-state index contributed by atoms with van der Waals surface area (Å²) in [7, 11) is 0. The fraction of sp³-hybridized carbons (Fsp3) is 0.381. The van der Waals surface area contributed by atoms with Crippen molar-refractivity contribution in [2.75, 3.05) is 23.0 Å². The van der Waals surface area contributed by atoms with Crippen LogP contribution in [0.2, 0.25) is 0 Å². The number of rotatable bonds is 8. The number of anilines is 2. The molecule has 0 radical (unpaired) electrons. The molecule has 0 atom stereocenters. The molecule has 5 nitrogen and oxygen atoms in total. The number of para-hydroxylation sites is 2. The summed E-state index contributed by atoms with van der Waals surface area (Å²) in [6, 6.07) is 14.0. The number of nitrogens with one attached hydrogen (secondary N) is 2. The number of hydrogen-bond donors (Lipinski definition) is 3. The van der Waals surface area contributed by atoms with Gasteiger partial charge in [-0.05, 0) is 36.6 Å². The first-order chi connectivity index (χ1) is 12.9. The fourth-order valence-corrected chi connectivity index (χ4v) is 4.31. The van der Waals surface area contributed by atoms with Crippen LogP contribution in [0.25, 0.3) is 0 Å². The molecule has 27 heavy (non-hydrogen) atoms. The van der Waals surface area contributed by atoms with E-state index in [0.29, 0.717) is 18.3 Å². The first-order valence-electron chi connectivity index (χ1n) is 9.13. The third-order valence-corrected chi connectivity index (χ3v) is 5.69. The fourth-order valence-electron chi connectivity index (χ4n) is 3.21. The van der Waals surface area contributed by atoms with Gasteiger partial charge in [0.1, 0.15) is 5.75 Å². The van der Waals surface area contributed by atoms with Crippen LogP contribution in [0.15, 0.2) is 42.5 Å². The summed E-state index contributed by atoms with van der Waals surface area (Å²) >= 11 is 1.52. The van der Waals surface area contributed by atoms with E-state index in [1.165, 1.54) is 22.9 Å². The molecule has 3 N–H and O–H groups in total. The van der Waals surface area contributed by atoms with Crippen LogP contribution in [0.5, 0.6) is 5.75 Å². The summed E-state index contributed by atoms with van der Waals surface area (Å²) in [5.41, 5.74) is 4.27. The molecule has 0 fully saturated rings. The second kappa shape index (κ2) is 8.13. The molecule has 3 rings (SSSR count). The van der Waals surface area contributed by atoms with Crippen molar-refractivity contribution in [3.8, 4) is 5.75 Å². The number of carboxylic acid groups (broad SMARTS) is 1. The van der Waals surface area contributed by atoms with Crippen molar-refractivity contribution in [3.05, 3.63) is 53.6 Å². The lowest BCUT2D eigenvalue weighted by Gasteiger charge is -2.28. The molecule has 1 heterocycles. The van der Waals surface area contributed by atoms with Gasteiger partial charge >= 0.3 is 5.97 Å². The molecule has 0 spiro atoms. The second-order valence-corrected chi connectivity index (χ2v) is 8.48. The van der Waals surface area contributed by atoms with Gasteiger partial charge in [-0.25, -0.2) is 0 Å². The molecule has 1 aliphatic heterocycles. The molecule has 144 valence electrons. The number of carboxylic acids is 1. The standard InChI is InChI=1S/C21H26N2O3S/c1-14(2)16-12-15(3)8-9-19(16)26-10-11-27-21(13-20(24)25)22-17-6-4-5-7-18(17)23-21/h4-9,12,14,22-23H,10-11,13H2,1-3H3,(H,24,25). The van der Waals surface area contributed by atoms with Crippen molar-refractivity contribution in [2.45, 2.75) is 38.1 Å². The third kappa shape index (κ3) is 4.69. The van der Waals surface area contributed by atoms with E-state index in [1.54, 1.807) is 0 Å². The largest absolute Gasteiger partial charge is 0.492 e. The van der Waals surface area contributed by atoms with Gasteiger partial charge in [-0.3, -0.25) is 4.79 Å². The monoisotopic (exact) mass is 386 g/mol. The maximum atomic E-state index is 11.4. The number of thioether (sulfide) groups is 1. The topological polar surface area (TPSA) is 70.6 Å². The highest BCUT2D eigenvalue weighted by Crippen LogP contribution is 2.41. The zero-order valence-corrected chi connectivity index (χ0v) is 16.7. The van der Waals surface area contributed by atoms with Crippen molar-refractivity contribution >= 4 is 29.1 Å². The van der Waals surface area contributed by atoms with Crippen molar-refractivity contribution in [1.82, 2.24) is 0 Å². The minimum absolute atomic E-state index is 0.0336. The Hall–Kier alpha value is -2.34. The van der Waals surface area contributed by atoms with Gasteiger partial charge in [0.2, 0.25) is 0 Å². The van der Waals surface area contributed by atoms with Crippen LogP contribution in [0.1, 0.15) is 37.3 Å². The molecule has 2 aromatic carbocycles. The van der Waals surface area contributed by atoms with Gasteiger partial charge in [-0.15, -0.1) is 11.8 Å². The van der Waals surface area contributed by atoms with Crippen molar-refractivity contribution in [1.29, 1.82) is 0 Å². The quantitative estimate of drug-likeness (QED) is 0.561. The Balaban J connectivity index is 1.62. The Bertz CT molecular complexity index is 798. The molecule has 0 aromatic heterocycles. The Morgan fingerprint density at radius 1 is 1.19 bits per heavy atom. The van der Waals surface area contributed by atoms with Crippen LogP contribution in [-0.2, 0) is 4.79 Å². The van der Waals surface area contributed by atoms with Gasteiger partial charge in [-0.1, -0.05) is 43.7 Å². The van der Waals surface area contributed by atoms with E-state index in [2.05, 4.69) is 43.5 Å². The maximum Gasteiger partial charge on any atom is 0.308 e. The summed E-state index contributed by atoms with van der Waals surface area (Å²) in [6.45, 7) is 6.90. The van der Waals surface area contributed by atoms with E-state index < -0.39 is 11.0 Å². The molecular formula is C21H26N2O3S. The highest BCUT2D eigenvalue weighted by Gasteiger charge is 2.38. The minimum atomic E-state index is -0.850. The molecule has 2 aromatic rings. The minimum Gasteiger partial charge on any atom is -0.492 e. The number of benzene rings is 2. The van der Waals surface area contributed by atoms with Crippen LogP contribution in [0, 0.1) is 6.92 Å². The van der Waals surface area contributed by atoms with Crippen LogP contribution in [0.4, 0.5) is 11.4 Å². The van der Waals surface area contributed by atoms with Gasteiger partial charge in [0.05, 0.1) is 24.4 Å². The van der Waals surface area contributed by atoms with Crippen LogP contribution in [0.3, 0.4) is 0 Å². The van der Waals surface area contributed by atoms with Crippen LogP contribution in [-0.4, -0.2) is 28.4 Å². The summed E-state index contributed by atoms with van der Waals surface area (Å²) < 4.78 is 6.02. The number of aryl methyl sites for hydroxylation is 1. The van der Waals surface area contributed by atoms with E-state index >= 15 is 0 Å². The van der Waals surface area contributed by atoms with E-state index in [-0.39, 0.29) is 6.42 Å². The van der Waals surface area contributed by atoms with Gasteiger partial charge in [-0.2, -0.15) is 0 Å². The predicted molar refractivity (Wildman–Crippen MR) is 112 cm³/mol. The van der Waals surface area contributed by atoms with Crippen LogP contribution < -0.4 is 15.4 Å². The molecule has 0 amide bonds. The molecule has 6 heteroatoms. The Labute approximate surface area is 164 Å². The number of aliphatic carboxylic acids is 1. The van der Waals surface area contributed by atoms with Gasteiger partial charge < -0.3 is 20.5 Å². The Kier molecular flexibility index (Phi) is 5.85. The molecular weight excluding hydrogens is 360 g/mol. The highest BCUT2D eigenvalue weighted by molar-refractivity contribution is 8.00. The average Bonchev–Trinajstić information content (AvgIpc) is 2.96. The highest BCUT2D eigenvalue weighted by atomic mass is 32.2. The molecule has 0 aliphatic carbocycles. The predicted octanol–water partition coefficient (Wildman–Crippen LogP) is 4.90. The normalized spacial score (nSPS) is 14.4. The lowest BCUT2D eigenvalue weighted by molar-refractivity contribution is -0.137. The number of fused-ring (bicyclic) bond motifs is 1. The molecule has 1 aliphatic rings. The van der Waals surface area contributed by atoms with Crippen LogP contribution >= 0.6 is 11.8 Å². The number of ether oxygens (including phenoxy) is 1. The Morgan fingerprint density at radius 2 is 1.85 bits per heavy atom. The van der Waals surface area contributed by atoms with E-state index in [4.69, 9.17) is 4.74 Å². The first kappa shape index (κ1) is 19.4. The molecule has 0 bridgehead atoms. The number of hydrogen-bond acceptors (Lipinski definition) is 5. The van der Waals surface area contributed by atoms with Crippen molar-refractivity contribution in [3.63, 3.8) is 0 Å². The molecule has 0 unspecified atom stereocenters. The summed E-state index contributed by atoms with van der Waals surface area (Å²) in [5.74, 6) is 1.10. The molecule has 0 saturated carbocycles. The Morgan fingerprint density at radius 3 is 2.44 bits per heavy atom. The van der Waals surface area contributed by atoms with Gasteiger partial charge in [0.15, 0.2) is 4.99 Å². The maximum absolute atomic E-state index is 11.4. The van der Waals surface area contributed by atoms with Crippen molar-refractivity contribution in [2.24, 2.45) is 0 Å². The summed E-state index contributed by atoms with van der Waals surface area (Å²) in [4.78, 5) is 10.6. The lowest BCUT2D eigenvalue weighted by atomic mass is 10.00. The van der Waals surface area contributed by atoms with E-state index in [0.717, 1.165) is 17.1 Å². The zero-order chi connectivity index (χ0) is 19.4. The summed E-state index contributed by atoms with van der Waals surface area (Å²) in [5, 5.41) is 16.0. The molecule has 0 saturated heterocycles. The smallest absolute Gasteiger partial charge is 0.308 e. The van der Waals surface area contributed by atoms with Gasteiger partial charge in [0, 0.05) is 5.75 Å². The first-order valence-corrected chi connectivity index (χ1v) is 10.1. The average molecular weight is 387 g/mol. The third-order valence-electron chi connectivity index (χ3n) is 4.48. The van der Waals surface area contributed by atoms with Gasteiger partial charge in [0.25, 0.3) is 0 Å². The number of carbonyl (C=O) groups is 1.